The third kappa shape index (κ3) is 3.28. The van der Waals surface area contributed by atoms with Gasteiger partial charge >= 0.3 is 0 Å². The number of hydrogen-bond donors (Lipinski definition) is 1. The van der Waals surface area contributed by atoms with Crippen molar-refractivity contribution in [2.45, 2.75) is 19.8 Å². The molecule has 0 saturated heterocycles. The molecule has 1 N–H and O–H groups in total. The molecule has 0 aliphatic rings. The van der Waals surface area contributed by atoms with Crippen molar-refractivity contribution in [2.24, 2.45) is 0 Å². The van der Waals surface area contributed by atoms with E-state index >= 15 is 0 Å². The zero-order valence-electron chi connectivity index (χ0n) is 9.52. The highest BCUT2D eigenvalue weighted by molar-refractivity contribution is 5.94. The van der Waals surface area contributed by atoms with Crippen molar-refractivity contribution in [3.05, 3.63) is 34.9 Å². The zero-order valence-corrected chi connectivity index (χ0v) is 9.52. The first-order chi connectivity index (χ1) is 8.07. The monoisotopic (exact) mass is 237 g/mol. The molecule has 1 aromatic carbocycles. The quantitative estimate of drug-likeness (QED) is 0.632. The lowest BCUT2D eigenvalue weighted by Crippen LogP contribution is -2.26. The summed E-state index contributed by atoms with van der Waals surface area (Å²) in [6.45, 7) is 1.78. The number of halogens is 2. The Kier molecular flexibility index (Phi) is 4.65. The Labute approximate surface area is 99.0 Å². The van der Waals surface area contributed by atoms with Crippen LogP contribution in [0.3, 0.4) is 0 Å². The molecule has 0 heterocycles. The van der Waals surface area contributed by atoms with Crippen LogP contribution in [0.25, 0.3) is 0 Å². The van der Waals surface area contributed by atoms with Gasteiger partial charge in [0.25, 0.3) is 5.91 Å². The zero-order chi connectivity index (χ0) is 12.8. The van der Waals surface area contributed by atoms with Crippen molar-refractivity contribution in [3.63, 3.8) is 0 Å². The molecule has 0 aliphatic heterocycles. The molecule has 4 heteroatoms. The number of unbranched alkanes of at least 4 members (excludes halogenated alkanes) is 1. The maximum Gasteiger partial charge on any atom is 0.257 e. The van der Waals surface area contributed by atoms with E-state index in [0.29, 0.717) is 19.4 Å². The molecule has 0 atom stereocenters. The number of aryl methyl sites for hydroxylation is 1. The van der Waals surface area contributed by atoms with Gasteiger partial charge in [0, 0.05) is 13.0 Å². The molecular weight excluding hydrogens is 224 g/mol. The van der Waals surface area contributed by atoms with Gasteiger partial charge in [0.15, 0.2) is 0 Å². The first-order valence-electron chi connectivity index (χ1n) is 5.24. The van der Waals surface area contributed by atoms with Gasteiger partial charge in [-0.2, -0.15) is 0 Å². The fourth-order valence-electron chi connectivity index (χ4n) is 1.35. The number of terminal acetylenes is 1. The van der Waals surface area contributed by atoms with Gasteiger partial charge in [0.1, 0.15) is 17.2 Å². The van der Waals surface area contributed by atoms with E-state index in [2.05, 4.69) is 11.2 Å². The Hall–Kier alpha value is -1.89. The highest BCUT2D eigenvalue weighted by Gasteiger charge is 2.18. The lowest BCUT2D eigenvalue weighted by Gasteiger charge is -2.07. The molecule has 0 radical (unpaired) electrons. The normalized spacial score (nSPS) is 9.76. The van der Waals surface area contributed by atoms with Crippen LogP contribution in [0.4, 0.5) is 8.78 Å². The topological polar surface area (TPSA) is 29.1 Å². The van der Waals surface area contributed by atoms with E-state index < -0.39 is 23.1 Å². The summed E-state index contributed by atoms with van der Waals surface area (Å²) in [6.07, 6.45) is 6.14. The van der Waals surface area contributed by atoms with Crippen LogP contribution >= 0.6 is 0 Å². The van der Waals surface area contributed by atoms with Crippen LogP contribution in [-0.4, -0.2) is 12.5 Å². The van der Waals surface area contributed by atoms with E-state index in [0.717, 1.165) is 6.07 Å². The Morgan fingerprint density at radius 2 is 2.18 bits per heavy atom. The number of hydrogen-bond acceptors (Lipinski definition) is 1. The number of carbonyl (C=O) groups excluding carboxylic acids is 1. The highest BCUT2D eigenvalue weighted by atomic mass is 19.1. The van der Waals surface area contributed by atoms with Crippen molar-refractivity contribution in [1.82, 2.24) is 5.32 Å². The largest absolute Gasteiger partial charge is 0.352 e. The van der Waals surface area contributed by atoms with Crippen molar-refractivity contribution >= 4 is 5.91 Å². The Morgan fingerprint density at radius 3 is 2.82 bits per heavy atom. The van der Waals surface area contributed by atoms with E-state index in [-0.39, 0.29) is 5.56 Å². The molecule has 0 aliphatic carbocycles. The predicted octanol–water partition coefficient (Wildman–Crippen LogP) is 2.42. The maximum absolute atomic E-state index is 13.6. The third-order valence-corrected chi connectivity index (χ3v) is 2.29. The summed E-state index contributed by atoms with van der Waals surface area (Å²) in [4.78, 5) is 11.6. The minimum Gasteiger partial charge on any atom is -0.352 e. The van der Waals surface area contributed by atoms with Crippen LogP contribution in [0.1, 0.15) is 28.8 Å². The van der Waals surface area contributed by atoms with Crippen LogP contribution in [0.15, 0.2) is 12.1 Å². The number of rotatable bonds is 4. The molecule has 0 bridgehead atoms. The van der Waals surface area contributed by atoms with Crippen LogP contribution in [0, 0.1) is 30.9 Å². The van der Waals surface area contributed by atoms with Crippen molar-refractivity contribution in [1.29, 1.82) is 0 Å². The molecule has 90 valence electrons. The van der Waals surface area contributed by atoms with E-state index in [1.165, 1.54) is 13.0 Å². The van der Waals surface area contributed by atoms with Gasteiger partial charge in [-0.05, 0) is 25.0 Å². The fraction of sp³-hybridized carbons (Fsp3) is 0.308. The second kappa shape index (κ2) is 6.00. The molecular formula is C13H13F2NO. The average molecular weight is 237 g/mol. The predicted molar refractivity (Wildman–Crippen MR) is 61.5 cm³/mol. The molecule has 0 aromatic heterocycles. The van der Waals surface area contributed by atoms with Crippen LogP contribution in [-0.2, 0) is 0 Å². The summed E-state index contributed by atoms with van der Waals surface area (Å²) in [7, 11) is 0. The molecule has 0 spiro atoms. The standard InChI is InChI=1S/C13H13F2NO/c1-3-4-5-8-16-13(17)11-10(14)7-6-9(2)12(11)15/h1,6-7H,4-5,8H2,2H3,(H,16,17). The first kappa shape index (κ1) is 13.2. The molecule has 1 rings (SSSR count). The van der Waals surface area contributed by atoms with E-state index in [1.54, 1.807) is 0 Å². The van der Waals surface area contributed by atoms with Crippen molar-refractivity contribution in [2.75, 3.05) is 6.54 Å². The van der Waals surface area contributed by atoms with Crippen LogP contribution < -0.4 is 5.32 Å². The van der Waals surface area contributed by atoms with Gasteiger partial charge in [-0.15, -0.1) is 12.3 Å². The van der Waals surface area contributed by atoms with E-state index in [9.17, 15) is 13.6 Å². The molecule has 17 heavy (non-hydrogen) atoms. The average Bonchev–Trinajstić information content (AvgIpc) is 2.30. The van der Waals surface area contributed by atoms with Gasteiger partial charge in [0.05, 0.1) is 0 Å². The molecule has 1 aromatic rings. The molecule has 0 unspecified atom stereocenters. The van der Waals surface area contributed by atoms with E-state index in [4.69, 9.17) is 6.42 Å². The fourth-order valence-corrected chi connectivity index (χ4v) is 1.35. The minimum absolute atomic E-state index is 0.236. The summed E-state index contributed by atoms with van der Waals surface area (Å²) in [5.74, 6) is -0.0144. The van der Waals surface area contributed by atoms with Crippen molar-refractivity contribution < 1.29 is 13.6 Å². The van der Waals surface area contributed by atoms with Gasteiger partial charge in [-0.1, -0.05) is 6.07 Å². The number of nitrogens with one attached hydrogen (secondary N) is 1. The number of benzene rings is 1. The second-order valence-electron chi connectivity index (χ2n) is 3.62. The van der Waals surface area contributed by atoms with Gasteiger partial charge in [-0.25, -0.2) is 8.78 Å². The van der Waals surface area contributed by atoms with Crippen LogP contribution in [0.5, 0.6) is 0 Å². The Balaban J connectivity index is 2.76. The van der Waals surface area contributed by atoms with Crippen LogP contribution in [0.2, 0.25) is 0 Å². The molecule has 1 amide bonds. The number of carbonyl (C=O) groups is 1. The molecule has 2 nitrogen and oxygen atoms in total. The summed E-state index contributed by atoms with van der Waals surface area (Å²) in [5, 5.41) is 2.43. The van der Waals surface area contributed by atoms with E-state index in [1.807, 2.05) is 0 Å². The smallest absolute Gasteiger partial charge is 0.257 e. The summed E-state index contributed by atoms with van der Waals surface area (Å²) in [5.41, 5.74) is -0.300. The second-order valence-corrected chi connectivity index (χ2v) is 3.62. The summed E-state index contributed by atoms with van der Waals surface area (Å²) < 4.78 is 26.9. The summed E-state index contributed by atoms with van der Waals surface area (Å²) >= 11 is 0. The highest BCUT2D eigenvalue weighted by Crippen LogP contribution is 2.15. The van der Waals surface area contributed by atoms with Gasteiger partial charge in [-0.3, -0.25) is 4.79 Å². The Morgan fingerprint density at radius 1 is 1.47 bits per heavy atom. The minimum atomic E-state index is -0.859. The SMILES string of the molecule is C#CCCCNC(=O)c1c(F)ccc(C)c1F. The third-order valence-electron chi connectivity index (χ3n) is 2.29. The first-order valence-corrected chi connectivity index (χ1v) is 5.24. The van der Waals surface area contributed by atoms with Crippen molar-refractivity contribution in [3.8, 4) is 12.3 Å². The molecule has 0 fully saturated rings. The number of amides is 1. The lowest BCUT2D eigenvalue weighted by atomic mass is 10.1. The Bertz CT molecular complexity index is 463. The lowest BCUT2D eigenvalue weighted by molar-refractivity contribution is 0.0944. The summed E-state index contributed by atoms with van der Waals surface area (Å²) in [6, 6.07) is 2.37. The molecule has 0 saturated carbocycles. The maximum atomic E-state index is 13.6. The van der Waals surface area contributed by atoms with Gasteiger partial charge < -0.3 is 5.32 Å². The van der Waals surface area contributed by atoms with Gasteiger partial charge in [0.2, 0.25) is 0 Å².